The first-order chi connectivity index (χ1) is 12.5. The Morgan fingerprint density at radius 1 is 1.35 bits per heavy atom. The van der Waals surface area contributed by atoms with E-state index in [0.29, 0.717) is 35.2 Å². The molecule has 136 valence electrons. The summed E-state index contributed by atoms with van der Waals surface area (Å²) in [5.74, 6) is 0.411. The van der Waals surface area contributed by atoms with Crippen LogP contribution in [0, 0.1) is 6.92 Å². The lowest BCUT2D eigenvalue weighted by molar-refractivity contribution is -0.108. The highest BCUT2D eigenvalue weighted by atomic mass is 35.5. The molecule has 0 aliphatic heterocycles. The molecule has 1 N–H and O–H groups in total. The molecule has 0 aromatic carbocycles. The lowest BCUT2D eigenvalue weighted by Gasteiger charge is -2.17. The van der Waals surface area contributed by atoms with Crippen LogP contribution in [-0.2, 0) is 17.8 Å². The number of aldehydes is 1. The number of aliphatic hydroxyl groups is 1. The van der Waals surface area contributed by atoms with E-state index in [4.69, 9.17) is 11.6 Å². The van der Waals surface area contributed by atoms with Crippen molar-refractivity contribution in [3.05, 3.63) is 57.0 Å². The van der Waals surface area contributed by atoms with Gasteiger partial charge in [-0.05, 0) is 25.0 Å². The van der Waals surface area contributed by atoms with Gasteiger partial charge >= 0.3 is 0 Å². The molecule has 0 bridgehead atoms. The summed E-state index contributed by atoms with van der Waals surface area (Å²) in [7, 11) is 0. The van der Waals surface area contributed by atoms with E-state index < -0.39 is 6.10 Å². The molecule has 0 spiro atoms. The van der Waals surface area contributed by atoms with Crippen LogP contribution in [0.5, 0.6) is 0 Å². The number of aliphatic hydroxyl groups excluding tert-OH is 1. The first kappa shape index (κ1) is 18.2. The second-order valence-corrected chi connectivity index (χ2v) is 6.41. The molecule has 26 heavy (non-hydrogen) atoms. The molecule has 1 atom stereocenters. The van der Waals surface area contributed by atoms with Gasteiger partial charge < -0.3 is 14.5 Å². The van der Waals surface area contributed by atoms with Gasteiger partial charge in [-0.3, -0.25) is 4.79 Å². The average Bonchev–Trinajstić information content (AvgIpc) is 3.12. The minimum Gasteiger partial charge on any atom is -0.393 e. The minimum absolute atomic E-state index is 0.146. The number of pyridine rings is 1. The van der Waals surface area contributed by atoms with Crippen molar-refractivity contribution < 1.29 is 9.90 Å². The summed E-state index contributed by atoms with van der Waals surface area (Å²) in [6.45, 7) is 2.23. The summed E-state index contributed by atoms with van der Waals surface area (Å²) in [5, 5.41) is 14.5. The fraction of sp³-hybridized carbons (Fsp3) is 0.353. The number of carbonyl (C=O) groups excluding carboxylic acids is 1. The molecule has 3 aromatic rings. The van der Waals surface area contributed by atoms with Gasteiger partial charge in [-0.15, -0.1) is 0 Å². The van der Waals surface area contributed by atoms with Crippen molar-refractivity contribution in [3.63, 3.8) is 0 Å². The summed E-state index contributed by atoms with van der Waals surface area (Å²) in [6.07, 6.45) is 3.65. The lowest BCUT2D eigenvalue weighted by Crippen LogP contribution is -2.29. The molecule has 0 saturated carbocycles. The third-order valence-electron chi connectivity index (χ3n) is 4.25. The molecular weight excluding hydrogens is 358 g/mol. The zero-order chi connectivity index (χ0) is 18.7. The molecule has 8 nitrogen and oxygen atoms in total. The van der Waals surface area contributed by atoms with E-state index in [1.165, 1.54) is 10.8 Å². The highest BCUT2D eigenvalue weighted by Gasteiger charge is 2.18. The van der Waals surface area contributed by atoms with E-state index in [1.54, 1.807) is 19.2 Å². The number of hydrogen-bond donors (Lipinski definition) is 1. The summed E-state index contributed by atoms with van der Waals surface area (Å²) >= 11 is 5.83. The molecule has 1 unspecified atom stereocenters. The zero-order valence-electron chi connectivity index (χ0n) is 14.2. The van der Waals surface area contributed by atoms with Gasteiger partial charge in [0, 0.05) is 30.3 Å². The molecule has 9 heteroatoms. The topological polar surface area (TPSA) is 102 Å². The number of carbonyl (C=O) groups is 1. The Labute approximate surface area is 154 Å². The Hall–Kier alpha value is -2.58. The minimum atomic E-state index is -0.779. The maximum absolute atomic E-state index is 12.7. The standard InChI is InChI=1S/C17H18ClN5O3/c1-11-14(7-13(25)3-2-6-24)16(26)23-17(20-10-21-23)22(11)9-12-4-5-15(18)19-8-12/h4-6,8,10,13,25H,2-3,7,9H2,1H3. The van der Waals surface area contributed by atoms with Crippen LogP contribution in [-0.4, -0.2) is 41.6 Å². The Morgan fingerprint density at radius 3 is 2.85 bits per heavy atom. The Bertz CT molecular complexity index is 980. The van der Waals surface area contributed by atoms with Crippen molar-refractivity contribution in [3.8, 4) is 0 Å². The fourth-order valence-electron chi connectivity index (χ4n) is 2.86. The highest BCUT2D eigenvalue weighted by Crippen LogP contribution is 2.15. The number of rotatable bonds is 7. The van der Waals surface area contributed by atoms with E-state index in [2.05, 4.69) is 15.1 Å². The summed E-state index contributed by atoms with van der Waals surface area (Å²) in [5.41, 5.74) is 1.71. The third-order valence-corrected chi connectivity index (χ3v) is 4.47. The number of nitrogens with zero attached hydrogens (tertiary/aromatic N) is 5. The Balaban J connectivity index is 2.04. The van der Waals surface area contributed by atoms with Gasteiger partial charge in [0.1, 0.15) is 17.8 Å². The van der Waals surface area contributed by atoms with Gasteiger partial charge in [0.05, 0.1) is 12.6 Å². The summed E-state index contributed by atoms with van der Waals surface area (Å²) < 4.78 is 3.07. The van der Waals surface area contributed by atoms with E-state index in [0.717, 1.165) is 11.8 Å². The fourth-order valence-corrected chi connectivity index (χ4v) is 2.97. The van der Waals surface area contributed by atoms with Gasteiger partial charge in [-0.25, -0.2) is 4.98 Å². The average molecular weight is 376 g/mol. The third kappa shape index (κ3) is 3.66. The largest absolute Gasteiger partial charge is 0.393 e. The van der Waals surface area contributed by atoms with Crippen molar-refractivity contribution in [2.45, 2.75) is 38.8 Å². The predicted octanol–water partition coefficient (Wildman–Crippen LogP) is 1.18. The van der Waals surface area contributed by atoms with Crippen LogP contribution in [0.1, 0.15) is 29.7 Å². The number of aromatic nitrogens is 5. The monoisotopic (exact) mass is 375 g/mol. The quantitative estimate of drug-likeness (QED) is 0.491. The number of halogens is 1. The van der Waals surface area contributed by atoms with Gasteiger partial charge in [0.15, 0.2) is 0 Å². The SMILES string of the molecule is Cc1c(CC(O)CCC=O)c(=O)n2ncnc2n1Cc1ccc(Cl)nc1. The number of hydrogen-bond acceptors (Lipinski definition) is 6. The van der Waals surface area contributed by atoms with Crippen molar-refractivity contribution >= 4 is 23.7 Å². The van der Waals surface area contributed by atoms with E-state index in [-0.39, 0.29) is 18.4 Å². The van der Waals surface area contributed by atoms with Crippen molar-refractivity contribution in [1.29, 1.82) is 0 Å². The van der Waals surface area contributed by atoms with Crippen molar-refractivity contribution in [1.82, 2.24) is 24.1 Å². The molecular formula is C17H18ClN5O3. The Kier molecular flexibility index (Phi) is 5.43. The van der Waals surface area contributed by atoms with E-state index in [9.17, 15) is 14.7 Å². The maximum Gasteiger partial charge on any atom is 0.279 e. The van der Waals surface area contributed by atoms with Crippen molar-refractivity contribution in [2.75, 3.05) is 0 Å². The van der Waals surface area contributed by atoms with Crippen LogP contribution in [0.25, 0.3) is 5.78 Å². The smallest absolute Gasteiger partial charge is 0.279 e. The predicted molar refractivity (Wildman–Crippen MR) is 95.3 cm³/mol. The molecule has 0 saturated heterocycles. The van der Waals surface area contributed by atoms with Crippen LogP contribution < -0.4 is 5.56 Å². The first-order valence-electron chi connectivity index (χ1n) is 8.15. The summed E-state index contributed by atoms with van der Waals surface area (Å²) in [4.78, 5) is 31.5. The second kappa shape index (κ2) is 7.76. The van der Waals surface area contributed by atoms with Crippen LogP contribution in [0.4, 0.5) is 0 Å². The van der Waals surface area contributed by atoms with Crippen LogP contribution in [0.3, 0.4) is 0 Å². The molecule has 0 aliphatic rings. The normalized spacial score (nSPS) is 12.4. The molecule has 0 fully saturated rings. The first-order valence-corrected chi connectivity index (χ1v) is 8.53. The zero-order valence-corrected chi connectivity index (χ0v) is 14.9. The molecule has 3 heterocycles. The lowest BCUT2D eigenvalue weighted by atomic mass is 10.0. The summed E-state index contributed by atoms with van der Waals surface area (Å²) in [6, 6.07) is 3.54. The molecule has 0 amide bonds. The van der Waals surface area contributed by atoms with E-state index in [1.807, 2.05) is 10.6 Å². The number of fused-ring (bicyclic) bond motifs is 1. The van der Waals surface area contributed by atoms with Crippen LogP contribution >= 0.6 is 11.6 Å². The molecule has 3 rings (SSSR count). The van der Waals surface area contributed by atoms with Gasteiger partial charge in [0.2, 0.25) is 5.78 Å². The van der Waals surface area contributed by atoms with Crippen molar-refractivity contribution in [2.24, 2.45) is 0 Å². The Morgan fingerprint density at radius 2 is 2.15 bits per heavy atom. The van der Waals surface area contributed by atoms with Gasteiger partial charge in [0.25, 0.3) is 5.56 Å². The molecule has 0 radical (unpaired) electrons. The van der Waals surface area contributed by atoms with Crippen LogP contribution in [0.15, 0.2) is 29.5 Å². The second-order valence-electron chi connectivity index (χ2n) is 6.02. The maximum atomic E-state index is 12.7. The molecule has 0 aliphatic carbocycles. The van der Waals surface area contributed by atoms with Gasteiger partial charge in [-0.1, -0.05) is 17.7 Å². The highest BCUT2D eigenvalue weighted by molar-refractivity contribution is 6.29. The van der Waals surface area contributed by atoms with Crippen LogP contribution in [0.2, 0.25) is 5.15 Å². The molecule has 3 aromatic heterocycles. The van der Waals surface area contributed by atoms with Gasteiger partial charge in [-0.2, -0.15) is 14.6 Å². The van der Waals surface area contributed by atoms with E-state index >= 15 is 0 Å².